The zero-order chi connectivity index (χ0) is 11.4. The summed E-state index contributed by atoms with van der Waals surface area (Å²) in [6.45, 7) is 4.77. The van der Waals surface area contributed by atoms with E-state index < -0.39 is 0 Å². The van der Waals surface area contributed by atoms with Gasteiger partial charge in [0.05, 0.1) is 15.7 Å². The lowest BCUT2D eigenvalue weighted by Crippen LogP contribution is -2.00. The van der Waals surface area contributed by atoms with Gasteiger partial charge in [-0.3, -0.25) is 0 Å². The fourth-order valence-electron chi connectivity index (χ4n) is 1.07. The average molecular weight is 265 g/mol. The number of hydrogen-bond donors (Lipinski definition) is 1. The third-order valence-electron chi connectivity index (χ3n) is 1.80. The minimum absolute atomic E-state index is 0.537. The van der Waals surface area contributed by atoms with E-state index >= 15 is 0 Å². The normalized spacial score (nSPS) is 9.93. The lowest BCUT2D eigenvalue weighted by atomic mass is 10.3. The SMILES string of the molecule is CC(C)=CCNc1c(Cl)cc(Cl)cc1Cl. The molecule has 0 spiro atoms. The van der Waals surface area contributed by atoms with E-state index in [1.165, 1.54) is 5.57 Å². The van der Waals surface area contributed by atoms with Crippen LogP contribution >= 0.6 is 34.8 Å². The van der Waals surface area contributed by atoms with Crippen molar-refractivity contribution in [1.29, 1.82) is 0 Å². The highest BCUT2D eigenvalue weighted by atomic mass is 35.5. The summed E-state index contributed by atoms with van der Waals surface area (Å²) in [4.78, 5) is 0. The Morgan fingerprint density at radius 3 is 2.20 bits per heavy atom. The third-order valence-corrected chi connectivity index (χ3v) is 2.61. The van der Waals surface area contributed by atoms with Gasteiger partial charge in [-0.25, -0.2) is 0 Å². The van der Waals surface area contributed by atoms with Crippen LogP contribution < -0.4 is 5.32 Å². The molecule has 0 amide bonds. The summed E-state index contributed by atoms with van der Waals surface area (Å²) in [5.41, 5.74) is 1.96. The molecule has 0 unspecified atom stereocenters. The summed E-state index contributed by atoms with van der Waals surface area (Å²) in [5, 5.41) is 4.75. The maximum Gasteiger partial charge on any atom is 0.0722 e. The molecular weight excluding hydrogens is 252 g/mol. The molecule has 0 atom stereocenters. The van der Waals surface area contributed by atoms with E-state index in [2.05, 4.69) is 11.4 Å². The Morgan fingerprint density at radius 2 is 1.73 bits per heavy atom. The van der Waals surface area contributed by atoms with Crippen LogP contribution in [0.3, 0.4) is 0 Å². The van der Waals surface area contributed by atoms with Gasteiger partial charge in [0, 0.05) is 11.6 Å². The van der Waals surface area contributed by atoms with E-state index in [0.29, 0.717) is 21.6 Å². The fourth-order valence-corrected chi connectivity index (χ4v) is 2.02. The Kier molecular flexibility index (Phi) is 4.78. The summed E-state index contributed by atoms with van der Waals surface area (Å²) in [5.74, 6) is 0. The van der Waals surface area contributed by atoms with Gasteiger partial charge >= 0.3 is 0 Å². The number of halogens is 3. The Labute approximate surface area is 105 Å². The Morgan fingerprint density at radius 1 is 1.20 bits per heavy atom. The van der Waals surface area contributed by atoms with Crippen LogP contribution in [0, 0.1) is 0 Å². The Balaban J connectivity index is 2.81. The molecule has 1 N–H and O–H groups in total. The molecule has 0 aliphatic heterocycles. The number of nitrogens with one attached hydrogen (secondary N) is 1. The summed E-state index contributed by atoms with van der Waals surface area (Å²) in [6, 6.07) is 3.33. The summed E-state index contributed by atoms with van der Waals surface area (Å²) in [7, 11) is 0. The first-order valence-electron chi connectivity index (χ1n) is 4.52. The first kappa shape index (κ1) is 12.7. The first-order chi connectivity index (χ1) is 7.00. The van der Waals surface area contributed by atoms with Gasteiger partial charge in [-0.2, -0.15) is 0 Å². The van der Waals surface area contributed by atoms with E-state index in [0.717, 1.165) is 5.69 Å². The van der Waals surface area contributed by atoms with Crippen LogP contribution in [0.2, 0.25) is 15.1 Å². The van der Waals surface area contributed by atoms with Gasteiger partial charge in [-0.1, -0.05) is 46.5 Å². The van der Waals surface area contributed by atoms with Crippen molar-refractivity contribution >= 4 is 40.5 Å². The molecule has 0 bridgehead atoms. The maximum absolute atomic E-state index is 6.00. The van der Waals surface area contributed by atoms with Crippen molar-refractivity contribution in [2.75, 3.05) is 11.9 Å². The summed E-state index contributed by atoms with van der Waals surface area (Å²) >= 11 is 17.8. The van der Waals surface area contributed by atoms with Crippen molar-refractivity contribution in [3.63, 3.8) is 0 Å². The molecule has 1 rings (SSSR count). The molecule has 15 heavy (non-hydrogen) atoms. The van der Waals surface area contributed by atoms with Crippen LogP contribution in [-0.2, 0) is 0 Å². The minimum atomic E-state index is 0.537. The van der Waals surface area contributed by atoms with Crippen molar-refractivity contribution < 1.29 is 0 Å². The summed E-state index contributed by atoms with van der Waals surface area (Å²) in [6.07, 6.45) is 2.06. The largest absolute Gasteiger partial charge is 0.379 e. The second-order valence-electron chi connectivity index (χ2n) is 3.41. The number of anilines is 1. The van der Waals surface area contributed by atoms with Crippen molar-refractivity contribution in [3.05, 3.63) is 38.8 Å². The standard InChI is InChI=1S/C11H12Cl3N/c1-7(2)3-4-15-11-9(13)5-8(12)6-10(11)14/h3,5-6,15H,4H2,1-2H3. The maximum atomic E-state index is 6.00. The molecule has 0 radical (unpaired) electrons. The molecule has 0 saturated carbocycles. The Hall–Kier alpha value is -0.370. The van der Waals surface area contributed by atoms with Gasteiger partial charge in [-0.15, -0.1) is 0 Å². The molecular formula is C11H12Cl3N. The number of hydrogen-bond acceptors (Lipinski definition) is 1. The van der Waals surface area contributed by atoms with Crippen LogP contribution in [0.15, 0.2) is 23.8 Å². The van der Waals surface area contributed by atoms with E-state index in [1.807, 2.05) is 13.8 Å². The molecule has 0 aromatic heterocycles. The van der Waals surface area contributed by atoms with E-state index in [-0.39, 0.29) is 0 Å². The van der Waals surface area contributed by atoms with Crippen LogP contribution in [0.4, 0.5) is 5.69 Å². The van der Waals surface area contributed by atoms with Gasteiger partial charge < -0.3 is 5.32 Å². The zero-order valence-electron chi connectivity index (χ0n) is 8.57. The lowest BCUT2D eigenvalue weighted by molar-refractivity contribution is 1.26. The molecule has 0 fully saturated rings. The van der Waals surface area contributed by atoms with Gasteiger partial charge in [0.2, 0.25) is 0 Å². The van der Waals surface area contributed by atoms with Crippen molar-refractivity contribution in [3.8, 4) is 0 Å². The van der Waals surface area contributed by atoms with Gasteiger partial charge in [0.25, 0.3) is 0 Å². The molecule has 0 aliphatic rings. The second-order valence-corrected chi connectivity index (χ2v) is 4.66. The molecule has 0 saturated heterocycles. The molecule has 0 heterocycles. The van der Waals surface area contributed by atoms with Crippen LogP contribution in [0.1, 0.15) is 13.8 Å². The van der Waals surface area contributed by atoms with Crippen LogP contribution in [0.5, 0.6) is 0 Å². The number of benzene rings is 1. The van der Waals surface area contributed by atoms with Crippen molar-refractivity contribution in [2.45, 2.75) is 13.8 Å². The predicted octanol–water partition coefficient (Wildman–Crippen LogP) is 5.02. The number of rotatable bonds is 3. The average Bonchev–Trinajstić information content (AvgIpc) is 2.08. The molecule has 1 aromatic rings. The van der Waals surface area contributed by atoms with Crippen molar-refractivity contribution in [2.24, 2.45) is 0 Å². The highest BCUT2D eigenvalue weighted by molar-refractivity contribution is 6.41. The van der Waals surface area contributed by atoms with Gasteiger partial charge in [-0.05, 0) is 26.0 Å². The van der Waals surface area contributed by atoms with E-state index in [4.69, 9.17) is 34.8 Å². The zero-order valence-corrected chi connectivity index (χ0v) is 10.8. The third kappa shape index (κ3) is 3.94. The topological polar surface area (TPSA) is 12.0 Å². The molecule has 4 heteroatoms. The second kappa shape index (κ2) is 5.64. The lowest BCUT2D eigenvalue weighted by Gasteiger charge is -2.09. The number of allylic oxidation sites excluding steroid dienone is 1. The fraction of sp³-hybridized carbons (Fsp3) is 0.273. The van der Waals surface area contributed by atoms with Gasteiger partial charge in [0.15, 0.2) is 0 Å². The monoisotopic (exact) mass is 263 g/mol. The molecule has 1 aromatic carbocycles. The molecule has 1 nitrogen and oxygen atoms in total. The van der Waals surface area contributed by atoms with E-state index in [1.54, 1.807) is 12.1 Å². The molecule has 82 valence electrons. The summed E-state index contributed by atoms with van der Waals surface area (Å²) < 4.78 is 0. The van der Waals surface area contributed by atoms with Crippen LogP contribution in [0.25, 0.3) is 0 Å². The predicted molar refractivity (Wildman–Crippen MR) is 69.4 cm³/mol. The first-order valence-corrected chi connectivity index (χ1v) is 5.66. The minimum Gasteiger partial charge on any atom is -0.379 e. The highest BCUT2D eigenvalue weighted by Crippen LogP contribution is 2.33. The Bertz CT molecular complexity index is 358. The van der Waals surface area contributed by atoms with E-state index in [9.17, 15) is 0 Å². The smallest absolute Gasteiger partial charge is 0.0722 e. The van der Waals surface area contributed by atoms with Gasteiger partial charge in [0.1, 0.15) is 0 Å². The van der Waals surface area contributed by atoms with Crippen molar-refractivity contribution in [1.82, 2.24) is 0 Å². The molecule has 0 aliphatic carbocycles. The quantitative estimate of drug-likeness (QED) is 0.756. The highest BCUT2D eigenvalue weighted by Gasteiger charge is 2.06. The van der Waals surface area contributed by atoms with Crippen LogP contribution in [-0.4, -0.2) is 6.54 Å².